The molecule has 0 aromatic heterocycles. The fourth-order valence-corrected chi connectivity index (χ4v) is 3.46. The largest absolute Gasteiger partial charge is 0.416 e. The Balaban J connectivity index is 1.62. The molecule has 2 aromatic rings. The van der Waals surface area contributed by atoms with Crippen molar-refractivity contribution in [2.45, 2.75) is 19.0 Å². The van der Waals surface area contributed by atoms with Crippen LogP contribution in [0.1, 0.15) is 18.4 Å². The van der Waals surface area contributed by atoms with E-state index < -0.39 is 39.1 Å². The van der Waals surface area contributed by atoms with Crippen LogP contribution in [0.5, 0.6) is 0 Å². The lowest BCUT2D eigenvalue weighted by atomic mass is 9.95. The zero-order valence-corrected chi connectivity index (χ0v) is 16.5. The van der Waals surface area contributed by atoms with Gasteiger partial charge in [0.25, 0.3) is 11.4 Å². The maximum absolute atomic E-state index is 12.8. The molecule has 1 amide bonds. The number of carbonyl (C=O) groups is 1. The number of nitro benzene ring substituents is 2. The van der Waals surface area contributed by atoms with Crippen molar-refractivity contribution >= 4 is 28.7 Å². The molecule has 13 heteroatoms. The molecule has 2 N–H and O–H groups in total. The monoisotopic (exact) mass is 453 g/mol. The molecule has 1 aliphatic heterocycles. The van der Waals surface area contributed by atoms with E-state index in [4.69, 9.17) is 0 Å². The van der Waals surface area contributed by atoms with Crippen LogP contribution in [0.3, 0.4) is 0 Å². The second-order valence-corrected chi connectivity index (χ2v) is 7.11. The molecule has 1 aliphatic rings. The van der Waals surface area contributed by atoms with Gasteiger partial charge in [0, 0.05) is 31.1 Å². The lowest BCUT2D eigenvalue weighted by Gasteiger charge is -2.32. The van der Waals surface area contributed by atoms with Gasteiger partial charge in [-0.3, -0.25) is 35.9 Å². The van der Waals surface area contributed by atoms with E-state index in [-0.39, 0.29) is 11.4 Å². The lowest BCUT2D eigenvalue weighted by molar-refractivity contribution is -0.384. The number of nitro groups is 2. The van der Waals surface area contributed by atoms with Crippen molar-refractivity contribution in [3.05, 3.63) is 68.3 Å². The first kappa shape index (κ1) is 22.8. The molecule has 2 aromatic carbocycles. The summed E-state index contributed by atoms with van der Waals surface area (Å²) in [5, 5.41) is 22.3. The van der Waals surface area contributed by atoms with Gasteiger partial charge in [0.2, 0.25) is 5.91 Å². The number of alkyl halides is 3. The Morgan fingerprint density at radius 1 is 1.00 bits per heavy atom. The number of hydrogen-bond acceptors (Lipinski definition) is 7. The number of rotatable bonds is 6. The highest BCUT2D eigenvalue weighted by atomic mass is 19.4. The molecule has 32 heavy (non-hydrogen) atoms. The number of anilines is 2. The third-order valence-corrected chi connectivity index (χ3v) is 5.13. The molecule has 1 saturated heterocycles. The summed E-state index contributed by atoms with van der Waals surface area (Å²) in [6, 6.07) is 8.21. The average molecular weight is 453 g/mol. The highest BCUT2D eigenvalue weighted by Gasteiger charge is 2.33. The number of carbonyl (C=O) groups excluding carboxylic acids is 1. The van der Waals surface area contributed by atoms with E-state index in [0.717, 1.165) is 6.07 Å². The van der Waals surface area contributed by atoms with Crippen LogP contribution in [0.25, 0.3) is 0 Å². The highest BCUT2D eigenvalue weighted by Crippen LogP contribution is 2.35. The summed E-state index contributed by atoms with van der Waals surface area (Å²) in [4.78, 5) is 35.1. The summed E-state index contributed by atoms with van der Waals surface area (Å²) in [6.07, 6.45) is -4.00. The van der Waals surface area contributed by atoms with Crippen molar-refractivity contribution in [1.82, 2.24) is 5.43 Å². The van der Waals surface area contributed by atoms with E-state index in [2.05, 4.69) is 10.9 Å². The van der Waals surface area contributed by atoms with Gasteiger partial charge in [0.1, 0.15) is 11.4 Å². The van der Waals surface area contributed by atoms with Gasteiger partial charge in [0.15, 0.2) is 0 Å². The van der Waals surface area contributed by atoms with Gasteiger partial charge in [-0.2, -0.15) is 13.2 Å². The molecule has 0 atom stereocenters. The Bertz CT molecular complexity index is 1040. The predicted octanol–water partition coefficient (Wildman–Crippen LogP) is 3.88. The number of piperidine rings is 1. The predicted molar refractivity (Wildman–Crippen MR) is 108 cm³/mol. The van der Waals surface area contributed by atoms with Gasteiger partial charge >= 0.3 is 6.18 Å². The molecule has 0 aliphatic carbocycles. The first-order valence-electron chi connectivity index (χ1n) is 9.48. The number of para-hydroxylation sites is 2. The standard InChI is InChI=1S/C19H18F3N5O5/c20-19(21,22)13-5-6-14(17(11-13)27(31)32)23-24-18(28)12-7-9-25(10-8-12)15-3-1-2-4-16(15)26(29)30/h1-6,11-12,23H,7-10H2,(H,24,28). The smallest absolute Gasteiger partial charge is 0.366 e. The average Bonchev–Trinajstić information content (AvgIpc) is 2.76. The molecule has 3 rings (SSSR count). The Morgan fingerprint density at radius 3 is 2.22 bits per heavy atom. The second-order valence-electron chi connectivity index (χ2n) is 7.11. The highest BCUT2D eigenvalue weighted by molar-refractivity contribution is 5.81. The molecule has 0 spiro atoms. The van der Waals surface area contributed by atoms with Gasteiger partial charge in [-0.05, 0) is 31.0 Å². The van der Waals surface area contributed by atoms with Crippen molar-refractivity contribution < 1.29 is 27.8 Å². The maximum Gasteiger partial charge on any atom is 0.416 e. The summed E-state index contributed by atoms with van der Waals surface area (Å²) in [7, 11) is 0. The minimum absolute atomic E-state index is 0.0355. The third kappa shape index (κ3) is 5.04. The summed E-state index contributed by atoms with van der Waals surface area (Å²) < 4.78 is 38.4. The van der Waals surface area contributed by atoms with Gasteiger partial charge in [-0.15, -0.1) is 0 Å². The van der Waals surface area contributed by atoms with E-state index in [1.54, 1.807) is 23.1 Å². The van der Waals surface area contributed by atoms with E-state index in [9.17, 15) is 38.2 Å². The van der Waals surface area contributed by atoms with E-state index in [1.807, 2.05) is 0 Å². The fourth-order valence-electron chi connectivity index (χ4n) is 3.46. The zero-order valence-electron chi connectivity index (χ0n) is 16.5. The number of hydrazine groups is 1. The summed E-state index contributed by atoms with van der Waals surface area (Å²) in [5.74, 6) is -0.962. The van der Waals surface area contributed by atoms with Crippen LogP contribution in [0, 0.1) is 26.1 Å². The van der Waals surface area contributed by atoms with Crippen molar-refractivity contribution in [2.24, 2.45) is 5.92 Å². The molecule has 1 fully saturated rings. The minimum atomic E-state index is -4.74. The fraction of sp³-hybridized carbons (Fsp3) is 0.316. The van der Waals surface area contributed by atoms with Crippen LogP contribution >= 0.6 is 0 Å². The number of amides is 1. The number of nitrogens with zero attached hydrogens (tertiary/aromatic N) is 3. The van der Waals surface area contributed by atoms with Crippen LogP contribution in [-0.4, -0.2) is 28.8 Å². The molecule has 10 nitrogen and oxygen atoms in total. The number of hydrogen-bond donors (Lipinski definition) is 2. The van der Waals surface area contributed by atoms with Crippen LogP contribution < -0.4 is 15.8 Å². The molecule has 0 radical (unpaired) electrons. The van der Waals surface area contributed by atoms with E-state index in [0.29, 0.717) is 43.8 Å². The van der Waals surface area contributed by atoms with Crippen molar-refractivity contribution in [3.8, 4) is 0 Å². The Hall–Kier alpha value is -3.90. The second kappa shape index (κ2) is 9.08. The van der Waals surface area contributed by atoms with E-state index in [1.165, 1.54) is 6.07 Å². The van der Waals surface area contributed by atoms with Gasteiger partial charge in [0.05, 0.1) is 15.4 Å². The van der Waals surface area contributed by atoms with Gasteiger partial charge in [-0.1, -0.05) is 12.1 Å². The first-order chi connectivity index (χ1) is 15.1. The normalized spacial score (nSPS) is 14.7. The van der Waals surface area contributed by atoms with Crippen molar-refractivity contribution in [2.75, 3.05) is 23.4 Å². The number of halogens is 3. The molecule has 0 bridgehead atoms. The van der Waals surface area contributed by atoms with Crippen molar-refractivity contribution in [3.63, 3.8) is 0 Å². The molecule has 0 saturated carbocycles. The molecule has 1 heterocycles. The Morgan fingerprint density at radius 2 is 1.62 bits per heavy atom. The van der Waals surface area contributed by atoms with Crippen LogP contribution in [0.15, 0.2) is 42.5 Å². The Kier molecular flexibility index (Phi) is 6.46. The topological polar surface area (TPSA) is 131 Å². The van der Waals surface area contributed by atoms with Gasteiger partial charge < -0.3 is 4.90 Å². The van der Waals surface area contributed by atoms with Crippen molar-refractivity contribution in [1.29, 1.82) is 0 Å². The van der Waals surface area contributed by atoms with Crippen LogP contribution in [-0.2, 0) is 11.0 Å². The van der Waals surface area contributed by atoms with Crippen LogP contribution in [0.2, 0.25) is 0 Å². The van der Waals surface area contributed by atoms with Gasteiger partial charge in [-0.25, -0.2) is 0 Å². The summed E-state index contributed by atoms with van der Waals surface area (Å²) >= 11 is 0. The summed E-state index contributed by atoms with van der Waals surface area (Å²) in [6.45, 7) is 0.757. The number of nitrogens with one attached hydrogen (secondary N) is 2. The molecular formula is C19H18F3N5O5. The Labute approximate surface area is 179 Å². The number of benzene rings is 2. The first-order valence-corrected chi connectivity index (χ1v) is 9.48. The third-order valence-electron chi connectivity index (χ3n) is 5.13. The quantitative estimate of drug-likeness (QED) is 0.501. The molecular weight excluding hydrogens is 435 g/mol. The minimum Gasteiger partial charge on any atom is -0.366 e. The summed E-state index contributed by atoms with van der Waals surface area (Å²) in [5.41, 5.74) is 2.76. The van der Waals surface area contributed by atoms with Crippen LogP contribution in [0.4, 0.5) is 35.9 Å². The maximum atomic E-state index is 12.8. The lowest BCUT2D eigenvalue weighted by Crippen LogP contribution is -2.42. The zero-order chi connectivity index (χ0) is 23.5. The van der Waals surface area contributed by atoms with E-state index >= 15 is 0 Å². The SMILES string of the molecule is O=C(NNc1ccc(C(F)(F)F)cc1[N+](=O)[O-])C1CCN(c2ccccc2[N+](=O)[O-])CC1. The molecule has 170 valence electrons. The molecule has 0 unspecified atom stereocenters.